The van der Waals surface area contributed by atoms with Crippen molar-refractivity contribution in [3.05, 3.63) is 11.3 Å². The number of rotatable bonds is 2. The van der Waals surface area contributed by atoms with E-state index >= 15 is 0 Å². The molecule has 0 atom stereocenters. The average Bonchev–Trinajstić information content (AvgIpc) is 2.67. The molecule has 2 N–H and O–H groups in total. The Labute approximate surface area is 87.6 Å². The van der Waals surface area contributed by atoms with Gasteiger partial charge in [0.15, 0.2) is 0 Å². The summed E-state index contributed by atoms with van der Waals surface area (Å²) in [7, 11) is 1.79. The smallest absolute Gasteiger partial charge is 0.410 e. The molecule has 0 aliphatic carbocycles. The highest BCUT2D eigenvalue weighted by molar-refractivity contribution is 5.69. The highest BCUT2D eigenvalue weighted by Crippen LogP contribution is 2.19. The molecule has 2 rings (SSSR count). The first kappa shape index (κ1) is 9.82. The summed E-state index contributed by atoms with van der Waals surface area (Å²) in [6.45, 7) is 3.43. The van der Waals surface area contributed by atoms with Crippen molar-refractivity contribution in [2.24, 2.45) is 7.05 Å². The third kappa shape index (κ3) is 1.62. The van der Waals surface area contributed by atoms with Gasteiger partial charge in [0.2, 0.25) is 0 Å². The van der Waals surface area contributed by atoms with Crippen LogP contribution in [-0.2, 0) is 18.3 Å². The molecule has 0 radical (unpaired) electrons. The maximum Gasteiger partial charge on any atom is 0.410 e. The highest BCUT2D eigenvalue weighted by atomic mass is 16.6. The van der Waals surface area contributed by atoms with Crippen molar-refractivity contribution >= 4 is 11.9 Å². The van der Waals surface area contributed by atoms with E-state index in [1.165, 1.54) is 0 Å². The van der Waals surface area contributed by atoms with Crippen LogP contribution in [0.15, 0.2) is 0 Å². The van der Waals surface area contributed by atoms with Crippen molar-refractivity contribution in [2.45, 2.75) is 13.5 Å². The molecule has 15 heavy (non-hydrogen) atoms. The van der Waals surface area contributed by atoms with Gasteiger partial charge in [-0.2, -0.15) is 5.10 Å². The van der Waals surface area contributed by atoms with E-state index in [9.17, 15) is 4.79 Å². The molecule has 6 nitrogen and oxygen atoms in total. The predicted molar refractivity (Wildman–Crippen MR) is 54.1 cm³/mol. The number of anilines is 1. The van der Waals surface area contributed by atoms with Crippen LogP contribution in [0.2, 0.25) is 0 Å². The van der Waals surface area contributed by atoms with E-state index in [-0.39, 0.29) is 6.09 Å². The second-order valence-electron chi connectivity index (χ2n) is 3.61. The van der Waals surface area contributed by atoms with Crippen molar-refractivity contribution < 1.29 is 9.53 Å². The minimum Gasteiger partial charge on any atom is -0.448 e. The van der Waals surface area contributed by atoms with Crippen molar-refractivity contribution in [3.8, 4) is 0 Å². The third-order valence-electron chi connectivity index (χ3n) is 2.59. The number of hydrogen-bond acceptors (Lipinski definition) is 4. The fraction of sp³-hybridized carbons (Fsp3) is 0.556. The quantitative estimate of drug-likeness (QED) is 0.760. The molecule has 0 unspecified atom stereocenters. The van der Waals surface area contributed by atoms with Crippen molar-refractivity contribution in [3.63, 3.8) is 0 Å². The Kier molecular flexibility index (Phi) is 2.26. The Morgan fingerprint density at radius 1 is 1.60 bits per heavy atom. The molecule has 1 aliphatic rings. The molecule has 1 aliphatic heterocycles. The lowest BCUT2D eigenvalue weighted by atomic mass is 10.2. The van der Waals surface area contributed by atoms with Crippen molar-refractivity contribution in [1.29, 1.82) is 0 Å². The van der Waals surface area contributed by atoms with Crippen LogP contribution in [0.5, 0.6) is 0 Å². The summed E-state index contributed by atoms with van der Waals surface area (Å²) in [6.07, 6.45) is -0.280. The molecule has 1 amide bonds. The summed E-state index contributed by atoms with van der Waals surface area (Å²) in [6, 6.07) is 0. The fourth-order valence-electron chi connectivity index (χ4n) is 1.68. The Balaban J connectivity index is 2.20. The normalized spacial score (nSPS) is 15.9. The first-order valence-electron chi connectivity index (χ1n) is 4.79. The molecule has 1 saturated heterocycles. The highest BCUT2D eigenvalue weighted by Gasteiger charge is 2.24. The second-order valence-corrected chi connectivity index (χ2v) is 3.61. The first-order valence-corrected chi connectivity index (χ1v) is 4.79. The van der Waals surface area contributed by atoms with E-state index in [1.54, 1.807) is 16.6 Å². The van der Waals surface area contributed by atoms with Gasteiger partial charge in [-0.15, -0.1) is 0 Å². The van der Waals surface area contributed by atoms with Gasteiger partial charge in [0, 0.05) is 12.6 Å². The van der Waals surface area contributed by atoms with Crippen molar-refractivity contribution in [2.75, 3.05) is 18.9 Å². The van der Waals surface area contributed by atoms with Crippen LogP contribution in [0.25, 0.3) is 0 Å². The number of amides is 1. The molecule has 1 aromatic heterocycles. The molecule has 0 aromatic carbocycles. The van der Waals surface area contributed by atoms with Gasteiger partial charge < -0.3 is 15.4 Å². The summed E-state index contributed by atoms with van der Waals surface area (Å²) >= 11 is 0. The summed E-state index contributed by atoms with van der Waals surface area (Å²) in [5.41, 5.74) is 7.60. The van der Waals surface area contributed by atoms with E-state index in [0.717, 1.165) is 11.3 Å². The number of nitrogens with zero attached hydrogens (tertiary/aromatic N) is 3. The molecule has 0 spiro atoms. The van der Waals surface area contributed by atoms with Crippen LogP contribution in [0, 0.1) is 6.92 Å². The van der Waals surface area contributed by atoms with Gasteiger partial charge >= 0.3 is 6.09 Å². The third-order valence-corrected chi connectivity index (χ3v) is 2.59. The monoisotopic (exact) mass is 210 g/mol. The fourth-order valence-corrected chi connectivity index (χ4v) is 1.68. The lowest BCUT2D eigenvalue weighted by molar-refractivity contribution is 0.157. The van der Waals surface area contributed by atoms with Crippen LogP contribution in [-0.4, -0.2) is 33.9 Å². The Morgan fingerprint density at radius 3 is 2.80 bits per heavy atom. The largest absolute Gasteiger partial charge is 0.448 e. The van der Waals surface area contributed by atoms with Gasteiger partial charge in [-0.25, -0.2) is 4.79 Å². The maximum atomic E-state index is 11.2. The van der Waals surface area contributed by atoms with E-state index in [4.69, 9.17) is 10.5 Å². The van der Waals surface area contributed by atoms with Crippen LogP contribution in [0.3, 0.4) is 0 Å². The molecule has 82 valence electrons. The number of carbonyl (C=O) groups is 1. The summed E-state index contributed by atoms with van der Waals surface area (Å²) in [4.78, 5) is 12.9. The van der Waals surface area contributed by atoms with Crippen molar-refractivity contribution in [1.82, 2.24) is 14.7 Å². The zero-order valence-corrected chi connectivity index (χ0v) is 8.86. The van der Waals surface area contributed by atoms with Crippen LogP contribution in [0.1, 0.15) is 11.3 Å². The zero-order chi connectivity index (χ0) is 11.0. The number of hydrogen-bond donors (Lipinski definition) is 1. The summed E-state index contributed by atoms with van der Waals surface area (Å²) in [5, 5.41) is 4.19. The minimum atomic E-state index is -0.280. The molecule has 6 heteroatoms. The standard InChI is InChI=1S/C9H14N4O2/c1-6-7(8(10)12(2)11-6)5-13-3-4-15-9(13)14/h3-5,10H2,1-2H3. The SMILES string of the molecule is Cc1nn(C)c(N)c1CN1CCOC1=O. The Bertz CT molecular complexity index is 399. The number of nitrogen functional groups attached to an aromatic ring is 1. The average molecular weight is 210 g/mol. The summed E-state index contributed by atoms with van der Waals surface area (Å²) < 4.78 is 6.46. The zero-order valence-electron chi connectivity index (χ0n) is 8.86. The van der Waals surface area contributed by atoms with Gasteiger partial charge in [-0.05, 0) is 6.92 Å². The van der Waals surface area contributed by atoms with Crippen LogP contribution in [0.4, 0.5) is 10.6 Å². The topological polar surface area (TPSA) is 73.4 Å². The Hall–Kier alpha value is -1.72. The van der Waals surface area contributed by atoms with Gasteiger partial charge in [0.1, 0.15) is 12.4 Å². The van der Waals surface area contributed by atoms with Gasteiger partial charge in [0.25, 0.3) is 0 Å². The predicted octanol–water partition coefficient (Wildman–Crippen LogP) is 0.263. The van der Waals surface area contributed by atoms with E-state index in [0.29, 0.717) is 25.5 Å². The summed E-state index contributed by atoms with van der Waals surface area (Å²) in [5.74, 6) is 0.604. The lowest BCUT2D eigenvalue weighted by Crippen LogP contribution is -2.24. The molecule has 1 aromatic rings. The van der Waals surface area contributed by atoms with Gasteiger partial charge in [-0.1, -0.05) is 0 Å². The number of aryl methyl sites for hydroxylation is 2. The molecule has 2 heterocycles. The van der Waals surface area contributed by atoms with E-state index in [2.05, 4.69) is 5.10 Å². The number of cyclic esters (lactones) is 1. The molecule has 0 bridgehead atoms. The molecular weight excluding hydrogens is 196 g/mol. The van der Waals surface area contributed by atoms with Crippen LogP contribution >= 0.6 is 0 Å². The molecule has 1 fully saturated rings. The number of ether oxygens (including phenoxy) is 1. The number of aromatic nitrogens is 2. The van der Waals surface area contributed by atoms with Gasteiger partial charge in [-0.3, -0.25) is 4.68 Å². The lowest BCUT2D eigenvalue weighted by Gasteiger charge is -2.12. The number of carbonyl (C=O) groups excluding carboxylic acids is 1. The minimum absolute atomic E-state index is 0.280. The van der Waals surface area contributed by atoms with Gasteiger partial charge in [0.05, 0.1) is 18.8 Å². The van der Waals surface area contributed by atoms with E-state index in [1.807, 2.05) is 6.92 Å². The second kappa shape index (κ2) is 3.45. The maximum absolute atomic E-state index is 11.2. The van der Waals surface area contributed by atoms with E-state index < -0.39 is 0 Å². The van der Waals surface area contributed by atoms with Crippen LogP contribution < -0.4 is 5.73 Å². The molecular formula is C9H14N4O2. The first-order chi connectivity index (χ1) is 7.09. The molecule has 0 saturated carbocycles. The Morgan fingerprint density at radius 2 is 2.33 bits per heavy atom. The number of nitrogens with two attached hydrogens (primary N) is 1.